The van der Waals surface area contributed by atoms with Gasteiger partial charge in [0.1, 0.15) is 9.39 Å². The summed E-state index contributed by atoms with van der Waals surface area (Å²) in [7, 11) is 0. The van der Waals surface area contributed by atoms with Gasteiger partial charge < -0.3 is 4.98 Å². The smallest absolute Gasteiger partial charge is 0.264 e. The third kappa shape index (κ3) is 3.55. The molecule has 0 bridgehead atoms. The molecule has 3 atom stereocenters. The van der Waals surface area contributed by atoms with Crippen molar-refractivity contribution < 1.29 is 0 Å². The Labute approximate surface area is 142 Å². The van der Waals surface area contributed by atoms with E-state index in [-0.39, 0.29) is 16.2 Å². The van der Waals surface area contributed by atoms with Gasteiger partial charge in [0.2, 0.25) is 0 Å². The van der Waals surface area contributed by atoms with E-state index in [4.69, 9.17) is 4.98 Å². The number of nitrogens with zero attached hydrogens (tertiary/aromatic N) is 1. The molecule has 0 saturated carbocycles. The van der Waals surface area contributed by atoms with Crippen LogP contribution in [0.15, 0.2) is 4.79 Å². The highest BCUT2D eigenvalue weighted by atomic mass is 127. The van der Waals surface area contributed by atoms with Gasteiger partial charge in [-0.3, -0.25) is 4.79 Å². The molecule has 0 aromatic carbocycles. The average molecular weight is 424 g/mol. The number of halogens is 1. The maximum absolute atomic E-state index is 12.2. The molecule has 0 radical (unpaired) electrons. The fourth-order valence-electron chi connectivity index (χ4n) is 2.05. The maximum atomic E-state index is 12.2. The summed E-state index contributed by atoms with van der Waals surface area (Å²) in [5.41, 5.74) is 0.802. The second-order valence-electron chi connectivity index (χ2n) is 6.23. The van der Waals surface area contributed by atoms with Crippen LogP contribution in [-0.4, -0.2) is 26.2 Å². The van der Waals surface area contributed by atoms with Crippen molar-refractivity contribution in [3.63, 3.8) is 0 Å². The molecule has 3 nitrogen and oxygen atoms in total. The summed E-state index contributed by atoms with van der Waals surface area (Å²) in [6.45, 7) is 10.8. The van der Waals surface area contributed by atoms with Crippen LogP contribution in [0.3, 0.4) is 0 Å². The largest absolute Gasteiger partial charge is 0.309 e. The molecule has 6 heteroatoms. The van der Waals surface area contributed by atoms with Crippen LogP contribution in [-0.2, 0) is 5.41 Å². The van der Waals surface area contributed by atoms with Gasteiger partial charge in [-0.2, -0.15) is 11.8 Å². The van der Waals surface area contributed by atoms with Crippen molar-refractivity contribution in [3.05, 3.63) is 25.4 Å². The van der Waals surface area contributed by atoms with Gasteiger partial charge in [0.15, 0.2) is 0 Å². The molecule has 0 amide bonds. The first-order valence-corrected chi connectivity index (χ1v) is 9.84. The topological polar surface area (TPSA) is 45.8 Å². The molecule has 0 aliphatic carbocycles. The molecule has 0 spiro atoms. The summed E-state index contributed by atoms with van der Waals surface area (Å²) in [6.07, 6.45) is 0. The lowest BCUT2D eigenvalue weighted by Gasteiger charge is -2.31. The second-order valence-corrected chi connectivity index (χ2v) is 10.3. The molecular formula is C14H21IN2OS2. The Hall–Kier alpha value is 0.310. The highest BCUT2D eigenvalue weighted by molar-refractivity contribution is 14.1. The predicted molar refractivity (Wildman–Crippen MR) is 98.0 cm³/mol. The second kappa shape index (κ2) is 6.20. The minimum atomic E-state index is -0.106. The van der Waals surface area contributed by atoms with Crippen molar-refractivity contribution in [1.29, 1.82) is 0 Å². The molecule has 2 rings (SSSR count). The van der Waals surface area contributed by atoms with E-state index in [1.54, 1.807) is 0 Å². The first kappa shape index (κ1) is 16.7. The molecule has 1 N–H and O–H groups in total. The van der Waals surface area contributed by atoms with Gasteiger partial charge in [0.05, 0.1) is 10.9 Å². The summed E-state index contributed by atoms with van der Waals surface area (Å²) in [4.78, 5) is 20.0. The minimum absolute atomic E-state index is 0.00241. The normalized spacial score (nSPS) is 27.6. The lowest BCUT2D eigenvalue weighted by Crippen LogP contribution is -2.29. The molecule has 1 aliphatic heterocycles. The molecule has 1 aliphatic rings. The van der Waals surface area contributed by atoms with Crippen LogP contribution in [0.1, 0.15) is 51.4 Å². The Morgan fingerprint density at radius 2 is 1.95 bits per heavy atom. The van der Waals surface area contributed by atoms with E-state index in [0.29, 0.717) is 14.1 Å². The summed E-state index contributed by atoms with van der Waals surface area (Å²) < 4.78 is 0.716. The Bertz CT molecular complexity index is 553. The number of hydrogen-bond donors (Lipinski definition) is 1. The number of aromatic amines is 1. The fourth-order valence-corrected chi connectivity index (χ4v) is 5.98. The Balaban J connectivity index is 2.39. The number of nitrogens with one attached hydrogen (secondary N) is 1. The van der Waals surface area contributed by atoms with E-state index in [2.05, 4.69) is 62.2 Å². The first-order chi connectivity index (χ1) is 9.20. The van der Waals surface area contributed by atoms with Crippen molar-refractivity contribution in [3.8, 4) is 0 Å². The van der Waals surface area contributed by atoms with E-state index in [1.807, 2.05) is 23.5 Å². The van der Waals surface area contributed by atoms with E-state index < -0.39 is 0 Å². The van der Waals surface area contributed by atoms with Gasteiger partial charge in [-0.1, -0.05) is 34.6 Å². The lowest BCUT2D eigenvalue weighted by molar-refractivity contribution is 0.555. The van der Waals surface area contributed by atoms with Gasteiger partial charge in [-0.05, 0) is 22.6 Å². The third-order valence-corrected chi connectivity index (χ3v) is 7.85. The van der Waals surface area contributed by atoms with Crippen molar-refractivity contribution >= 4 is 46.1 Å². The number of H-pyrrole nitrogens is 1. The number of aromatic nitrogens is 2. The number of rotatable bonds is 1. The van der Waals surface area contributed by atoms with E-state index in [0.717, 1.165) is 17.3 Å². The summed E-state index contributed by atoms with van der Waals surface area (Å²) in [6, 6.07) is 0. The zero-order valence-electron chi connectivity index (χ0n) is 12.5. The van der Waals surface area contributed by atoms with Crippen LogP contribution in [0.5, 0.6) is 0 Å². The van der Waals surface area contributed by atoms with Crippen LogP contribution in [0, 0.1) is 3.57 Å². The molecule has 2 heterocycles. The van der Waals surface area contributed by atoms with Crippen molar-refractivity contribution in [2.24, 2.45) is 0 Å². The summed E-state index contributed by atoms with van der Waals surface area (Å²) in [5.74, 6) is 1.86. The Morgan fingerprint density at radius 3 is 2.50 bits per heavy atom. The van der Waals surface area contributed by atoms with Crippen LogP contribution >= 0.6 is 46.1 Å². The van der Waals surface area contributed by atoms with Gasteiger partial charge in [0.25, 0.3) is 5.56 Å². The van der Waals surface area contributed by atoms with Crippen molar-refractivity contribution in [1.82, 2.24) is 9.97 Å². The summed E-state index contributed by atoms with van der Waals surface area (Å²) in [5, 5.41) is 1.53. The van der Waals surface area contributed by atoms with Crippen LogP contribution < -0.4 is 5.56 Å². The Morgan fingerprint density at radius 1 is 1.30 bits per heavy atom. The molecular weight excluding hydrogens is 403 g/mol. The van der Waals surface area contributed by atoms with Crippen LogP contribution in [0.4, 0.5) is 0 Å². The third-order valence-electron chi connectivity index (χ3n) is 3.45. The van der Waals surface area contributed by atoms with Crippen LogP contribution in [0.2, 0.25) is 0 Å². The highest BCUT2D eigenvalue weighted by Gasteiger charge is 2.30. The monoisotopic (exact) mass is 424 g/mol. The molecule has 20 heavy (non-hydrogen) atoms. The molecule has 1 aromatic heterocycles. The van der Waals surface area contributed by atoms with Gasteiger partial charge >= 0.3 is 0 Å². The lowest BCUT2D eigenvalue weighted by atomic mass is 9.92. The first-order valence-electron chi connectivity index (χ1n) is 6.77. The molecule has 112 valence electrons. The minimum Gasteiger partial charge on any atom is -0.309 e. The van der Waals surface area contributed by atoms with E-state index >= 15 is 0 Å². The van der Waals surface area contributed by atoms with Gasteiger partial charge in [-0.25, -0.2) is 4.98 Å². The van der Waals surface area contributed by atoms with E-state index in [9.17, 15) is 4.79 Å². The average Bonchev–Trinajstić information content (AvgIpc) is 2.34. The number of thioether (sulfide) groups is 2. The number of hydrogen-bond acceptors (Lipinski definition) is 4. The SMILES string of the molecule is CC1SCC(c2nc(C(C)(C)C)c(I)c(=O)[nH]2)SC1C. The zero-order chi connectivity index (χ0) is 15.1. The molecule has 1 fully saturated rings. The van der Waals surface area contributed by atoms with Gasteiger partial charge in [-0.15, -0.1) is 11.8 Å². The fraction of sp³-hybridized carbons (Fsp3) is 0.714. The molecule has 3 unspecified atom stereocenters. The van der Waals surface area contributed by atoms with Crippen LogP contribution in [0.25, 0.3) is 0 Å². The highest BCUT2D eigenvalue weighted by Crippen LogP contribution is 2.43. The van der Waals surface area contributed by atoms with Gasteiger partial charge in [0, 0.05) is 21.7 Å². The van der Waals surface area contributed by atoms with Crippen molar-refractivity contribution in [2.45, 2.75) is 55.8 Å². The summed E-state index contributed by atoms with van der Waals surface area (Å²) >= 11 is 6.00. The molecule has 1 saturated heterocycles. The standard InChI is InChI=1S/C14H21IN2OS2/c1-7-8(2)20-9(6-19-7)12-16-11(14(3,4)5)10(15)13(18)17-12/h7-9H,6H2,1-5H3,(H,16,17,18). The maximum Gasteiger partial charge on any atom is 0.264 e. The quantitative estimate of drug-likeness (QED) is 0.694. The molecule has 1 aromatic rings. The van der Waals surface area contributed by atoms with Crippen molar-refractivity contribution in [2.75, 3.05) is 5.75 Å². The van der Waals surface area contributed by atoms with E-state index in [1.165, 1.54) is 0 Å². The zero-order valence-corrected chi connectivity index (χ0v) is 16.3. The predicted octanol–water partition coefficient (Wildman–Crippen LogP) is 3.97. The Kier molecular flexibility index (Phi) is 5.17.